The van der Waals surface area contributed by atoms with E-state index >= 15 is 0 Å². The molecule has 2 unspecified atom stereocenters. The number of rotatable bonds is 4. The zero-order valence-corrected chi connectivity index (χ0v) is 15.9. The van der Waals surface area contributed by atoms with Crippen molar-refractivity contribution in [1.29, 1.82) is 0 Å². The van der Waals surface area contributed by atoms with Crippen LogP contribution in [-0.2, 0) is 10.2 Å². The monoisotopic (exact) mass is 375 g/mol. The summed E-state index contributed by atoms with van der Waals surface area (Å²) in [4.78, 5) is 13.3. The largest absolute Gasteiger partial charge is 0.307 e. The molecule has 0 bridgehead atoms. The summed E-state index contributed by atoms with van der Waals surface area (Å²) in [6, 6.07) is 22.9. The van der Waals surface area contributed by atoms with Gasteiger partial charge in [-0.1, -0.05) is 66.2 Å². The summed E-state index contributed by atoms with van der Waals surface area (Å²) in [5.74, 6) is 0.748. The summed E-state index contributed by atoms with van der Waals surface area (Å²) in [5.41, 5.74) is 2.15. The molecule has 3 aromatic carbocycles. The van der Waals surface area contributed by atoms with Crippen LogP contribution in [0.25, 0.3) is 10.8 Å². The van der Waals surface area contributed by atoms with E-state index in [1.165, 1.54) is 16.3 Å². The number of benzene rings is 3. The van der Waals surface area contributed by atoms with Gasteiger partial charge < -0.3 is 5.32 Å². The van der Waals surface area contributed by atoms with E-state index in [0.29, 0.717) is 11.7 Å². The van der Waals surface area contributed by atoms with Crippen molar-refractivity contribution in [2.45, 2.75) is 36.6 Å². The van der Waals surface area contributed by atoms with E-state index in [9.17, 15) is 4.79 Å². The summed E-state index contributed by atoms with van der Waals surface area (Å²) in [6.45, 7) is 0.867. The Morgan fingerprint density at radius 2 is 1.70 bits per heavy atom. The van der Waals surface area contributed by atoms with E-state index < -0.39 is 0 Å². The van der Waals surface area contributed by atoms with Gasteiger partial charge in [0, 0.05) is 11.6 Å². The van der Waals surface area contributed by atoms with Crippen LogP contribution in [0, 0.1) is 0 Å². The first-order valence-corrected chi connectivity index (χ1v) is 10.1. The molecule has 0 radical (unpaired) electrons. The molecule has 5 rings (SSSR count). The Labute approximate surface area is 164 Å². The summed E-state index contributed by atoms with van der Waals surface area (Å²) in [7, 11) is 0. The van der Waals surface area contributed by atoms with Crippen LogP contribution in [0.4, 0.5) is 0 Å². The minimum absolute atomic E-state index is 0.0559. The second-order valence-corrected chi connectivity index (χ2v) is 8.39. The lowest BCUT2D eigenvalue weighted by Crippen LogP contribution is -2.38. The highest BCUT2D eigenvalue weighted by Gasteiger charge is 2.53. The van der Waals surface area contributed by atoms with E-state index in [-0.39, 0.29) is 11.5 Å². The van der Waals surface area contributed by atoms with Crippen molar-refractivity contribution < 1.29 is 4.79 Å². The van der Waals surface area contributed by atoms with Gasteiger partial charge in [0.15, 0.2) is 5.78 Å². The van der Waals surface area contributed by atoms with E-state index in [1.807, 2.05) is 24.3 Å². The third kappa shape index (κ3) is 2.97. The molecule has 2 fully saturated rings. The standard InChI is InChI=1S/C24H22ClNO/c25-21-9-7-20(8-10-21)24(11-12-24)23(27)22-14-19(15-26-22)18-6-5-16-3-1-2-4-17(16)13-18/h1-10,13,19,22,26H,11-12,14-15H2. The fraction of sp³-hybridized carbons (Fsp3) is 0.292. The first kappa shape index (κ1) is 17.0. The Hall–Kier alpha value is -2.16. The Bertz CT molecular complexity index is 1010. The summed E-state index contributed by atoms with van der Waals surface area (Å²) in [5, 5.41) is 6.76. The molecule has 1 saturated heterocycles. The fourth-order valence-electron chi connectivity index (χ4n) is 4.56. The molecule has 2 aliphatic rings. The third-order valence-electron chi connectivity index (χ3n) is 6.31. The Morgan fingerprint density at radius 3 is 2.44 bits per heavy atom. The van der Waals surface area contributed by atoms with E-state index in [0.717, 1.165) is 36.4 Å². The molecule has 136 valence electrons. The number of hydrogen-bond donors (Lipinski definition) is 1. The second-order valence-electron chi connectivity index (χ2n) is 7.95. The minimum Gasteiger partial charge on any atom is -0.307 e. The van der Waals surface area contributed by atoms with Crippen LogP contribution in [0.15, 0.2) is 66.7 Å². The van der Waals surface area contributed by atoms with E-state index in [4.69, 9.17) is 11.6 Å². The molecule has 3 aromatic rings. The van der Waals surface area contributed by atoms with Gasteiger partial charge in [0.1, 0.15) is 0 Å². The lowest BCUT2D eigenvalue weighted by Gasteiger charge is -2.19. The van der Waals surface area contributed by atoms with Gasteiger partial charge in [-0.3, -0.25) is 4.79 Å². The van der Waals surface area contributed by atoms with Crippen molar-refractivity contribution >= 4 is 28.2 Å². The lowest BCUT2D eigenvalue weighted by atomic mass is 9.85. The Balaban J connectivity index is 1.35. The number of hydrogen-bond acceptors (Lipinski definition) is 2. The fourth-order valence-corrected chi connectivity index (χ4v) is 4.68. The molecule has 0 aromatic heterocycles. The molecule has 1 heterocycles. The molecule has 1 N–H and O–H groups in total. The van der Waals surface area contributed by atoms with Crippen molar-refractivity contribution in [1.82, 2.24) is 5.32 Å². The molecule has 2 atom stereocenters. The predicted molar refractivity (Wildman–Crippen MR) is 110 cm³/mol. The summed E-state index contributed by atoms with van der Waals surface area (Å²) in [6.07, 6.45) is 2.78. The maximum atomic E-state index is 13.3. The molecule has 1 saturated carbocycles. The van der Waals surface area contributed by atoms with Crippen molar-refractivity contribution in [2.75, 3.05) is 6.54 Å². The highest BCUT2D eigenvalue weighted by molar-refractivity contribution is 6.30. The Kier molecular flexibility index (Phi) is 4.07. The van der Waals surface area contributed by atoms with Crippen LogP contribution in [0.5, 0.6) is 0 Å². The average Bonchev–Trinajstić information content (AvgIpc) is 3.37. The van der Waals surface area contributed by atoms with Crippen LogP contribution in [0.2, 0.25) is 5.02 Å². The summed E-state index contributed by atoms with van der Waals surface area (Å²) >= 11 is 6.02. The van der Waals surface area contributed by atoms with Crippen LogP contribution < -0.4 is 5.32 Å². The van der Waals surface area contributed by atoms with E-state index in [1.54, 1.807) is 0 Å². The normalized spacial score (nSPS) is 23.4. The minimum atomic E-state index is -0.291. The number of carbonyl (C=O) groups excluding carboxylic acids is 1. The van der Waals surface area contributed by atoms with Crippen molar-refractivity contribution in [3.63, 3.8) is 0 Å². The molecule has 3 heteroatoms. The van der Waals surface area contributed by atoms with Gasteiger partial charge in [0.25, 0.3) is 0 Å². The highest BCUT2D eigenvalue weighted by atomic mass is 35.5. The number of carbonyl (C=O) groups is 1. The van der Waals surface area contributed by atoms with Crippen LogP contribution in [0.1, 0.15) is 36.3 Å². The second kappa shape index (κ2) is 6.47. The number of fused-ring (bicyclic) bond motifs is 1. The number of Topliss-reactive ketones (excluding diaryl/α,β-unsaturated/α-hetero) is 1. The highest BCUT2D eigenvalue weighted by Crippen LogP contribution is 2.50. The van der Waals surface area contributed by atoms with E-state index in [2.05, 4.69) is 47.8 Å². The van der Waals surface area contributed by atoms with Crippen LogP contribution in [0.3, 0.4) is 0 Å². The smallest absolute Gasteiger partial charge is 0.160 e. The van der Waals surface area contributed by atoms with Crippen molar-refractivity contribution in [3.05, 3.63) is 82.9 Å². The van der Waals surface area contributed by atoms with Gasteiger partial charge in [-0.05, 0) is 59.2 Å². The quantitative estimate of drug-likeness (QED) is 0.675. The topological polar surface area (TPSA) is 29.1 Å². The Morgan fingerprint density at radius 1 is 0.963 bits per heavy atom. The number of ketones is 1. The third-order valence-corrected chi connectivity index (χ3v) is 6.56. The molecular weight excluding hydrogens is 354 g/mol. The SMILES string of the molecule is O=C(C1CC(c2ccc3ccccc3c2)CN1)C1(c2ccc(Cl)cc2)CC1. The van der Waals surface area contributed by atoms with Gasteiger partial charge in [0.05, 0.1) is 11.5 Å². The maximum Gasteiger partial charge on any atom is 0.160 e. The molecular formula is C24H22ClNO. The average molecular weight is 376 g/mol. The van der Waals surface area contributed by atoms with Gasteiger partial charge in [0.2, 0.25) is 0 Å². The zero-order chi connectivity index (χ0) is 18.4. The van der Waals surface area contributed by atoms with Crippen LogP contribution in [-0.4, -0.2) is 18.4 Å². The van der Waals surface area contributed by atoms with Gasteiger partial charge in [-0.2, -0.15) is 0 Å². The summed E-state index contributed by atoms with van der Waals surface area (Å²) < 4.78 is 0. The zero-order valence-electron chi connectivity index (χ0n) is 15.1. The molecule has 27 heavy (non-hydrogen) atoms. The molecule has 1 aliphatic carbocycles. The first-order chi connectivity index (χ1) is 13.2. The van der Waals surface area contributed by atoms with Crippen molar-refractivity contribution in [2.24, 2.45) is 0 Å². The lowest BCUT2D eigenvalue weighted by molar-refractivity contribution is -0.123. The van der Waals surface area contributed by atoms with Gasteiger partial charge >= 0.3 is 0 Å². The molecule has 1 aliphatic heterocycles. The number of nitrogens with one attached hydrogen (secondary N) is 1. The predicted octanol–water partition coefficient (Wildman–Crippen LogP) is 5.24. The van der Waals surface area contributed by atoms with Gasteiger partial charge in [-0.15, -0.1) is 0 Å². The van der Waals surface area contributed by atoms with Gasteiger partial charge in [-0.25, -0.2) is 0 Å². The molecule has 0 amide bonds. The molecule has 0 spiro atoms. The van der Waals surface area contributed by atoms with Crippen LogP contribution >= 0.6 is 11.6 Å². The maximum absolute atomic E-state index is 13.3. The van der Waals surface area contributed by atoms with Crippen molar-refractivity contribution in [3.8, 4) is 0 Å². The molecule has 2 nitrogen and oxygen atoms in total. The number of halogens is 1. The first-order valence-electron chi connectivity index (χ1n) is 9.68.